The standard InChI is InChI=1S/C7H15NO2/c1-5(2)6(3)8-7(9)10-4/h5-6H,1-4H3,(H,8,9)/t6-/m0/s1. The van der Waals surface area contributed by atoms with Crippen LogP contribution in [0.25, 0.3) is 0 Å². The highest BCUT2D eigenvalue weighted by Gasteiger charge is 2.09. The van der Waals surface area contributed by atoms with Gasteiger partial charge in [-0.25, -0.2) is 4.79 Å². The van der Waals surface area contributed by atoms with Crippen molar-refractivity contribution in [3.05, 3.63) is 0 Å². The Kier molecular flexibility index (Phi) is 3.84. The molecule has 0 aromatic heterocycles. The van der Waals surface area contributed by atoms with Crippen LogP contribution in [0.15, 0.2) is 0 Å². The molecular weight excluding hydrogens is 130 g/mol. The minimum atomic E-state index is -0.360. The summed E-state index contributed by atoms with van der Waals surface area (Å²) in [6.45, 7) is 6.03. The minimum absolute atomic E-state index is 0.174. The highest BCUT2D eigenvalue weighted by Crippen LogP contribution is 1.99. The van der Waals surface area contributed by atoms with Gasteiger partial charge in [0.15, 0.2) is 0 Å². The third kappa shape index (κ3) is 3.33. The minimum Gasteiger partial charge on any atom is -0.453 e. The molecular formula is C7H15NO2. The van der Waals surface area contributed by atoms with E-state index in [1.54, 1.807) is 0 Å². The summed E-state index contributed by atoms with van der Waals surface area (Å²) in [4.78, 5) is 10.6. The monoisotopic (exact) mass is 145 g/mol. The van der Waals surface area contributed by atoms with E-state index >= 15 is 0 Å². The summed E-state index contributed by atoms with van der Waals surface area (Å²) in [5.74, 6) is 0.444. The predicted molar refractivity (Wildman–Crippen MR) is 39.8 cm³/mol. The molecule has 1 atom stereocenters. The molecule has 0 spiro atoms. The number of methoxy groups -OCH3 is 1. The summed E-state index contributed by atoms with van der Waals surface area (Å²) in [7, 11) is 1.36. The molecule has 0 aliphatic rings. The van der Waals surface area contributed by atoms with Gasteiger partial charge >= 0.3 is 6.09 Å². The fourth-order valence-corrected chi connectivity index (χ4v) is 0.411. The van der Waals surface area contributed by atoms with Crippen LogP contribution in [0.2, 0.25) is 0 Å². The summed E-state index contributed by atoms with van der Waals surface area (Å²) >= 11 is 0. The lowest BCUT2D eigenvalue weighted by Crippen LogP contribution is -2.35. The van der Waals surface area contributed by atoms with Crippen molar-refractivity contribution in [1.29, 1.82) is 0 Å². The molecule has 0 aromatic rings. The van der Waals surface area contributed by atoms with E-state index in [1.165, 1.54) is 7.11 Å². The Hall–Kier alpha value is -0.730. The quantitative estimate of drug-likeness (QED) is 0.637. The van der Waals surface area contributed by atoms with Gasteiger partial charge in [-0.1, -0.05) is 13.8 Å². The fraction of sp³-hybridized carbons (Fsp3) is 0.857. The Balaban J connectivity index is 3.57. The van der Waals surface area contributed by atoms with E-state index in [0.29, 0.717) is 5.92 Å². The molecule has 0 aliphatic heterocycles. The van der Waals surface area contributed by atoms with Crippen molar-refractivity contribution < 1.29 is 9.53 Å². The zero-order chi connectivity index (χ0) is 8.15. The van der Waals surface area contributed by atoms with Gasteiger partial charge in [0, 0.05) is 6.04 Å². The molecule has 0 aromatic carbocycles. The molecule has 10 heavy (non-hydrogen) atoms. The molecule has 1 amide bonds. The van der Waals surface area contributed by atoms with Crippen LogP contribution in [-0.4, -0.2) is 19.2 Å². The first kappa shape index (κ1) is 9.27. The number of nitrogens with one attached hydrogen (secondary N) is 1. The van der Waals surface area contributed by atoms with Gasteiger partial charge < -0.3 is 10.1 Å². The maximum absolute atomic E-state index is 10.6. The van der Waals surface area contributed by atoms with Gasteiger partial charge in [-0.05, 0) is 12.8 Å². The number of carbonyl (C=O) groups is 1. The molecule has 0 radical (unpaired) electrons. The molecule has 0 heterocycles. The van der Waals surface area contributed by atoms with Gasteiger partial charge in [-0.15, -0.1) is 0 Å². The van der Waals surface area contributed by atoms with Gasteiger partial charge in [0.05, 0.1) is 7.11 Å². The van der Waals surface area contributed by atoms with E-state index < -0.39 is 0 Å². The average molecular weight is 145 g/mol. The maximum atomic E-state index is 10.6. The van der Waals surface area contributed by atoms with Crippen LogP contribution < -0.4 is 5.32 Å². The summed E-state index contributed by atoms with van der Waals surface area (Å²) < 4.78 is 4.42. The van der Waals surface area contributed by atoms with Gasteiger partial charge in [-0.2, -0.15) is 0 Å². The summed E-state index contributed by atoms with van der Waals surface area (Å²) in [5.41, 5.74) is 0. The normalized spacial score (nSPS) is 12.9. The van der Waals surface area contributed by atoms with Crippen molar-refractivity contribution in [2.75, 3.05) is 7.11 Å². The van der Waals surface area contributed by atoms with Crippen LogP contribution in [0.5, 0.6) is 0 Å². The lowest BCUT2D eigenvalue weighted by molar-refractivity contribution is 0.164. The van der Waals surface area contributed by atoms with Gasteiger partial charge in [0.25, 0.3) is 0 Å². The van der Waals surface area contributed by atoms with Crippen molar-refractivity contribution in [2.24, 2.45) is 5.92 Å². The Labute approximate surface area is 61.8 Å². The van der Waals surface area contributed by atoms with Crippen LogP contribution >= 0.6 is 0 Å². The van der Waals surface area contributed by atoms with E-state index in [1.807, 2.05) is 20.8 Å². The summed E-state index contributed by atoms with van der Waals surface area (Å²) in [6.07, 6.45) is -0.360. The predicted octanol–water partition coefficient (Wildman–Crippen LogP) is 1.39. The number of carbonyl (C=O) groups excluding carboxylic acids is 1. The highest BCUT2D eigenvalue weighted by molar-refractivity contribution is 5.67. The third-order valence-corrected chi connectivity index (χ3v) is 1.53. The van der Waals surface area contributed by atoms with Crippen LogP contribution in [0, 0.1) is 5.92 Å². The zero-order valence-corrected chi connectivity index (χ0v) is 6.97. The molecule has 3 nitrogen and oxygen atoms in total. The lowest BCUT2D eigenvalue weighted by atomic mass is 10.1. The fourth-order valence-electron chi connectivity index (χ4n) is 0.411. The second-order valence-corrected chi connectivity index (χ2v) is 2.67. The molecule has 0 unspecified atom stereocenters. The third-order valence-electron chi connectivity index (χ3n) is 1.53. The van der Waals surface area contributed by atoms with Crippen LogP contribution in [0.4, 0.5) is 4.79 Å². The Bertz CT molecular complexity index is 112. The van der Waals surface area contributed by atoms with E-state index in [2.05, 4.69) is 10.1 Å². The van der Waals surface area contributed by atoms with Crippen molar-refractivity contribution in [2.45, 2.75) is 26.8 Å². The molecule has 0 bridgehead atoms. The summed E-state index contributed by atoms with van der Waals surface area (Å²) in [6, 6.07) is 0.174. The molecule has 1 N–H and O–H groups in total. The van der Waals surface area contributed by atoms with Crippen LogP contribution in [-0.2, 0) is 4.74 Å². The zero-order valence-electron chi connectivity index (χ0n) is 6.97. The second kappa shape index (κ2) is 4.14. The number of hydrogen-bond donors (Lipinski definition) is 1. The summed E-state index contributed by atoms with van der Waals surface area (Å²) in [5, 5.41) is 2.67. The van der Waals surface area contributed by atoms with E-state index in [4.69, 9.17) is 0 Å². The van der Waals surface area contributed by atoms with E-state index in [0.717, 1.165) is 0 Å². The molecule has 0 fully saturated rings. The highest BCUT2D eigenvalue weighted by atomic mass is 16.5. The second-order valence-electron chi connectivity index (χ2n) is 2.67. The average Bonchev–Trinajstić information content (AvgIpc) is 1.87. The van der Waals surface area contributed by atoms with E-state index in [9.17, 15) is 4.79 Å². The number of hydrogen-bond acceptors (Lipinski definition) is 2. The maximum Gasteiger partial charge on any atom is 0.407 e. The first-order valence-electron chi connectivity index (χ1n) is 3.42. The van der Waals surface area contributed by atoms with Crippen molar-refractivity contribution in [3.63, 3.8) is 0 Å². The Morgan fingerprint density at radius 1 is 1.40 bits per heavy atom. The molecule has 0 aliphatic carbocycles. The van der Waals surface area contributed by atoms with Gasteiger partial charge in [0.1, 0.15) is 0 Å². The lowest BCUT2D eigenvalue weighted by Gasteiger charge is -2.15. The smallest absolute Gasteiger partial charge is 0.407 e. The first-order valence-corrected chi connectivity index (χ1v) is 3.42. The van der Waals surface area contributed by atoms with Gasteiger partial charge in [-0.3, -0.25) is 0 Å². The van der Waals surface area contributed by atoms with Gasteiger partial charge in [0.2, 0.25) is 0 Å². The molecule has 3 heteroatoms. The topological polar surface area (TPSA) is 38.3 Å². The Morgan fingerprint density at radius 2 is 1.90 bits per heavy atom. The van der Waals surface area contributed by atoms with Crippen molar-refractivity contribution in [1.82, 2.24) is 5.32 Å². The molecule has 0 saturated carbocycles. The molecule has 60 valence electrons. The van der Waals surface area contributed by atoms with Crippen LogP contribution in [0.1, 0.15) is 20.8 Å². The largest absolute Gasteiger partial charge is 0.453 e. The van der Waals surface area contributed by atoms with Crippen molar-refractivity contribution in [3.8, 4) is 0 Å². The number of amides is 1. The van der Waals surface area contributed by atoms with Crippen molar-refractivity contribution >= 4 is 6.09 Å². The molecule has 0 rings (SSSR count). The SMILES string of the molecule is COC(=O)N[C@@H](C)C(C)C. The molecule has 0 saturated heterocycles. The van der Waals surface area contributed by atoms with Crippen LogP contribution in [0.3, 0.4) is 0 Å². The first-order chi connectivity index (χ1) is 4.57. The Morgan fingerprint density at radius 3 is 2.20 bits per heavy atom. The number of alkyl carbamates (subject to hydrolysis) is 1. The van der Waals surface area contributed by atoms with E-state index in [-0.39, 0.29) is 12.1 Å². The number of rotatable bonds is 2. The number of ether oxygens (including phenoxy) is 1.